The van der Waals surface area contributed by atoms with E-state index >= 15 is 0 Å². The molecule has 31 heavy (non-hydrogen) atoms. The average molecular weight is 427 g/mol. The Hall–Kier alpha value is -4.15. The molecule has 2 heterocycles. The summed E-state index contributed by atoms with van der Waals surface area (Å²) in [6.45, 7) is 1.82. The number of benzene rings is 2. The number of nitrogen functional groups attached to an aromatic ring is 2. The van der Waals surface area contributed by atoms with Crippen LogP contribution in [-0.2, 0) is 6.18 Å². The first-order valence-corrected chi connectivity index (χ1v) is 8.95. The Balaban J connectivity index is 2.01. The zero-order valence-corrected chi connectivity index (χ0v) is 16.1. The molecule has 0 spiro atoms. The van der Waals surface area contributed by atoms with E-state index in [0.29, 0.717) is 16.5 Å². The molecule has 0 saturated heterocycles. The molecular weight excluding hydrogens is 411 g/mol. The topological polar surface area (TPSA) is 150 Å². The molecule has 0 aliphatic heterocycles. The van der Waals surface area contributed by atoms with Gasteiger partial charge in [-0.05, 0) is 36.8 Å². The van der Waals surface area contributed by atoms with Crippen LogP contribution < -0.4 is 17.2 Å². The molecule has 2 aromatic heterocycles. The van der Waals surface area contributed by atoms with E-state index in [1.807, 2.05) is 19.1 Å². The Morgan fingerprint density at radius 2 is 1.84 bits per heavy atom. The minimum absolute atomic E-state index is 0.0569. The molecule has 4 aromatic rings. The molecule has 0 unspecified atom stereocenters. The van der Waals surface area contributed by atoms with Crippen LogP contribution in [0.5, 0.6) is 0 Å². The summed E-state index contributed by atoms with van der Waals surface area (Å²) < 4.78 is 39.0. The van der Waals surface area contributed by atoms with Crippen molar-refractivity contribution < 1.29 is 18.0 Å². The number of carbonyl (C=O) groups is 1. The lowest BCUT2D eigenvalue weighted by Crippen LogP contribution is -2.18. The fourth-order valence-electron chi connectivity index (χ4n) is 3.35. The second kappa shape index (κ2) is 6.97. The molecule has 0 radical (unpaired) electrons. The van der Waals surface area contributed by atoms with E-state index in [1.165, 1.54) is 0 Å². The van der Waals surface area contributed by atoms with Crippen molar-refractivity contribution in [3.63, 3.8) is 0 Å². The van der Waals surface area contributed by atoms with Gasteiger partial charge in [-0.15, -0.1) is 0 Å². The highest BCUT2D eigenvalue weighted by Gasteiger charge is 2.31. The molecule has 0 aliphatic carbocycles. The molecule has 11 heteroatoms. The van der Waals surface area contributed by atoms with Crippen LogP contribution >= 0.6 is 0 Å². The van der Waals surface area contributed by atoms with Gasteiger partial charge in [-0.1, -0.05) is 6.07 Å². The largest absolute Gasteiger partial charge is 0.416 e. The van der Waals surface area contributed by atoms with Crippen LogP contribution in [0.15, 0.2) is 36.5 Å². The van der Waals surface area contributed by atoms with E-state index in [2.05, 4.69) is 20.2 Å². The zero-order chi connectivity index (χ0) is 22.5. The smallest absolute Gasteiger partial charge is 0.398 e. The van der Waals surface area contributed by atoms with Crippen LogP contribution in [0, 0.1) is 6.92 Å². The fourth-order valence-corrected chi connectivity index (χ4v) is 3.35. The van der Waals surface area contributed by atoms with Crippen molar-refractivity contribution in [1.82, 2.24) is 20.2 Å². The number of halogens is 3. The number of hydrogen-bond donors (Lipinski definition) is 4. The van der Waals surface area contributed by atoms with E-state index in [9.17, 15) is 18.0 Å². The monoisotopic (exact) mass is 427 g/mol. The maximum atomic E-state index is 13.0. The molecule has 158 valence electrons. The molecule has 8 nitrogen and oxygen atoms in total. The Labute approximate surface area is 173 Å². The van der Waals surface area contributed by atoms with Gasteiger partial charge in [0.15, 0.2) is 11.5 Å². The molecule has 0 atom stereocenters. The van der Waals surface area contributed by atoms with Crippen LogP contribution in [0.1, 0.15) is 21.6 Å². The van der Waals surface area contributed by atoms with Crippen molar-refractivity contribution in [2.45, 2.75) is 13.1 Å². The number of hydrogen-bond acceptors (Lipinski definition) is 6. The van der Waals surface area contributed by atoms with Gasteiger partial charge in [0.2, 0.25) is 0 Å². The average Bonchev–Trinajstić information content (AvgIpc) is 3.16. The summed E-state index contributed by atoms with van der Waals surface area (Å²) in [6, 6.07) is 6.41. The van der Waals surface area contributed by atoms with E-state index in [4.69, 9.17) is 17.2 Å². The number of anilines is 2. The van der Waals surface area contributed by atoms with Gasteiger partial charge in [-0.2, -0.15) is 18.3 Å². The Kier molecular flexibility index (Phi) is 4.53. The number of aromatic nitrogens is 4. The highest BCUT2D eigenvalue weighted by molar-refractivity contribution is 6.04. The van der Waals surface area contributed by atoms with Crippen molar-refractivity contribution >= 4 is 28.2 Å². The lowest BCUT2D eigenvalue weighted by Gasteiger charge is -2.15. The van der Waals surface area contributed by atoms with Crippen molar-refractivity contribution in [1.29, 1.82) is 0 Å². The Bertz CT molecular complexity index is 1340. The lowest BCUT2D eigenvalue weighted by atomic mass is 9.98. The number of aryl methyl sites for hydroxylation is 1. The summed E-state index contributed by atoms with van der Waals surface area (Å²) in [5.41, 5.74) is 18.4. The highest BCUT2D eigenvalue weighted by Crippen LogP contribution is 2.38. The molecular formula is C20H16F3N7O. The molecule has 4 rings (SSSR count). The molecule has 2 aromatic carbocycles. The van der Waals surface area contributed by atoms with E-state index < -0.39 is 17.6 Å². The fraction of sp³-hybridized carbons (Fsp3) is 0.100. The number of amides is 1. The van der Waals surface area contributed by atoms with Gasteiger partial charge in [0.05, 0.1) is 28.7 Å². The second-order valence-electron chi connectivity index (χ2n) is 6.91. The maximum absolute atomic E-state index is 13.0. The van der Waals surface area contributed by atoms with Crippen LogP contribution in [0.3, 0.4) is 0 Å². The van der Waals surface area contributed by atoms with E-state index in [-0.39, 0.29) is 34.2 Å². The predicted molar refractivity (Wildman–Crippen MR) is 110 cm³/mol. The number of carbonyl (C=O) groups excluding carboxylic acids is 1. The third kappa shape index (κ3) is 3.39. The third-order valence-corrected chi connectivity index (χ3v) is 4.87. The lowest BCUT2D eigenvalue weighted by molar-refractivity contribution is -0.137. The van der Waals surface area contributed by atoms with Crippen molar-refractivity contribution in [3.05, 3.63) is 53.3 Å². The number of primary amides is 1. The van der Waals surface area contributed by atoms with Gasteiger partial charge in [-0.25, -0.2) is 9.97 Å². The SMILES string of the molecule is Cc1ccc2[nH]ncc2c1-c1nc(-c2ccc(C(F)(F)F)cc2N)nc(C(N)=O)c1N. The number of aromatic amines is 1. The van der Waals surface area contributed by atoms with Crippen LogP contribution in [0.2, 0.25) is 0 Å². The molecule has 0 fully saturated rings. The van der Waals surface area contributed by atoms with Crippen LogP contribution in [-0.4, -0.2) is 26.1 Å². The minimum Gasteiger partial charge on any atom is -0.398 e. The summed E-state index contributed by atoms with van der Waals surface area (Å²) in [5.74, 6) is -0.992. The van der Waals surface area contributed by atoms with Crippen molar-refractivity contribution in [3.8, 4) is 22.6 Å². The zero-order valence-electron chi connectivity index (χ0n) is 16.1. The number of H-pyrrole nitrogens is 1. The number of nitrogens with one attached hydrogen (secondary N) is 1. The van der Waals surface area contributed by atoms with Gasteiger partial charge >= 0.3 is 6.18 Å². The summed E-state index contributed by atoms with van der Waals surface area (Å²) in [4.78, 5) is 20.5. The number of nitrogens with two attached hydrogens (primary N) is 3. The quantitative estimate of drug-likeness (QED) is 0.369. The molecule has 0 bridgehead atoms. The molecule has 7 N–H and O–H groups in total. The third-order valence-electron chi connectivity index (χ3n) is 4.87. The summed E-state index contributed by atoms with van der Waals surface area (Å²) in [6.07, 6.45) is -2.98. The van der Waals surface area contributed by atoms with Crippen molar-refractivity contribution in [2.75, 3.05) is 11.5 Å². The standard InChI is InChI=1S/C20H16F3N7O/c1-8-2-5-13-11(7-27-30-13)14(8)16-15(25)17(18(26)31)29-19(28-16)10-4-3-9(6-12(10)24)20(21,22)23/h2-7H,24-25H2,1H3,(H2,26,31)(H,27,30). The second-order valence-corrected chi connectivity index (χ2v) is 6.91. The number of nitrogens with zero attached hydrogens (tertiary/aromatic N) is 3. The highest BCUT2D eigenvalue weighted by atomic mass is 19.4. The van der Waals surface area contributed by atoms with E-state index in [1.54, 1.807) is 6.20 Å². The first-order valence-electron chi connectivity index (χ1n) is 8.95. The van der Waals surface area contributed by atoms with Gasteiger partial charge in [0.1, 0.15) is 0 Å². The van der Waals surface area contributed by atoms with Gasteiger partial charge in [0.25, 0.3) is 5.91 Å². The predicted octanol–water partition coefficient (Wildman–Crippen LogP) is 3.28. The van der Waals surface area contributed by atoms with Crippen LogP contribution in [0.4, 0.5) is 24.5 Å². The first kappa shape index (κ1) is 20.1. The first-order chi connectivity index (χ1) is 14.6. The summed E-state index contributed by atoms with van der Waals surface area (Å²) in [5, 5.41) is 7.54. The molecule has 0 saturated carbocycles. The molecule has 1 amide bonds. The van der Waals surface area contributed by atoms with Crippen LogP contribution in [0.25, 0.3) is 33.5 Å². The normalized spacial score (nSPS) is 11.7. The molecule has 0 aliphatic rings. The van der Waals surface area contributed by atoms with Gasteiger partial charge in [0, 0.05) is 22.2 Å². The summed E-state index contributed by atoms with van der Waals surface area (Å²) >= 11 is 0. The Morgan fingerprint density at radius 1 is 1.10 bits per heavy atom. The minimum atomic E-state index is -4.56. The number of rotatable bonds is 3. The number of alkyl halides is 3. The summed E-state index contributed by atoms with van der Waals surface area (Å²) in [7, 11) is 0. The van der Waals surface area contributed by atoms with Gasteiger partial charge in [-0.3, -0.25) is 9.89 Å². The van der Waals surface area contributed by atoms with Crippen molar-refractivity contribution in [2.24, 2.45) is 5.73 Å². The Morgan fingerprint density at radius 3 is 2.48 bits per heavy atom. The van der Waals surface area contributed by atoms with E-state index in [0.717, 1.165) is 23.8 Å². The maximum Gasteiger partial charge on any atom is 0.416 e. The number of fused-ring (bicyclic) bond motifs is 1. The van der Waals surface area contributed by atoms with Gasteiger partial charge < -0.3 is 17.2 Å².